The van der Waals surface area contributed by atoms with Crippen LogP contribution in [0.5, 0.6) is 0 Å². The third-order valence-corrected chi connectivity index (χ3v) is 3.89. The molecule has 0 saturated carbocycles. The topological polar surface area (TPSA) is 46.9 Å². The second kappa shape index (κ2) is 6.02. The van der Waals surface area contributed by atoms with E-state index in [2.05, 4.69) is 10.4 Å². The molecule has 1 aromatic rings. The van der Waals surface area contributed by atoms with Crippen molar-refractivity contribution in [2.24, 2.45) is 7.05 Å². The minimum absolute atomic E-state index is 0.268. The van der Waals surface area contributed by atoms with Crippen LogP contribution in [0.3, 0.4) is 0 Å². The molecule has 0 aliphatic heterocycles. The van der Waals surface area contributed by atoms with Gasteiger partial charge >= 0.3 is 0 Å². The molecule has 4 nitrogen and oxygen atoms in total. The van der Waals surface area contributed by atoms with Gasteiger partial charge in [-0.1, -0.05) is 6.92 Å². The van der Waals surface area contributed by atoms with Crippen LogP contribution in [0.25, 0.3) is 0 Å². The Morgan fingerprint density at radius 1 is 1.67 bits per heavy atom. The van der Waals surface area contributed by atoms with Crippen LogP contribution in [0.4, 0.5) is 0 Å². The number of hydrogen-bond donors (Lipinski definition) is 1. The second-order valence-corrected chi connectivity index (χ2v) is 5.52. The van der Waals surface area contributed by atoms with Crippen LogP contribution in [0.15, 0.2) is 12.3 Å². The highest BCUT2D eigenvalue weighted by Crippen LogP contribution is 1.99. The predicted molar refractivity (Wildman–Crippen MR) is 63.1 cm³/mol. The van der Waals surface area contributed by atoms with Crippen LogP contribution in [0.2, 0.25) is 0 Å². The van der Waals surface area contributed by atoms with Gasteiger partial charge in [0.05, 0.1) is 5.69 Å². The van der Waals surface area contributed by atoms with Crippen LogP contribution in [0.1, 0.15) is 19.0 Å². The average Bonchev–Trinajstić information content (AvgIpc) is 2.58. The Kier molecular flexibility index (Phi) is 4.98. The Morgan fingerprint density at radius 3 is 2.93 bits per heavy atom. The summed E-state index contributed by atoms with van der Waals surface area (Å²) in [5.41, 5.74) is 1.17. The number of aryl methyl sites for hydroxylation is 1. The standard InChI is InChI=1S/C10H19N3OS/c1-9(15(3)14)4-6-11-8-10-5-7-12-13(10)2/h5,7,9,11H,4,6,8H2,1-3H3. The van der Waals surface area contributed by atoms with Crippen molar-refractivity contribution < 1.29 is 4.21 Å². The Hall–Kier alpha value is -0.680. The lowest BCUT2D eigenvalue weighted by Gasteiger charge is -2.09. The van der Waals surface area contributed by atoms with Gasteiger partial charge in [0.1, 0.15) is 0 Å². The van der Waals surface area contributed by atoms with Gasteiger partial charge in [-0.3, -0.25) is 8.89 Å². The van der Waals surface area contributed by atoms with Crippen LogP contribution in [0, 0.1) is 0 Å². The van der Waals surface area contributed by atoms with E-state index < -0.39 is 10.8 Å². The molecule has 0 aliphatic rings. The number of hydrogen-bond acceptors (Lipinski definition) is 3. The summed E-state index contributed by atoms with van der Waals surface area (Å²) in [7, 11) is 1.22. The molecule has 1 rings (SSSR count). The molecule has 0 fully saturated rings. The fourth-order valence-corrected chi connectivity index (χ4v) is 1.71. The van der Waals surface area contributed by atoms with E-state index in [1.807, 2.05) is 24.7 Å². The van der Waals surface area contributed by atoms with Crippen LogP contribution < -0.4 is 5.32 Å². The smallest absolute Gasteiger partial charge is 0.0518 e. The van der Waals surface area contributed by atoms with Gasteiger partial charge < -0.3 is 5.32 Å². The molecule has 2 unspecified atom stereocenters. The Morgan fingerprint density at radius 2 is 2.40 bits per heavy atom. The van der Waals surface area contributed by atoms with Crippen molar-refractivity contribution in [3.8, 4) is 0 Å². The second-order valence-electron chi connectivity index (χ2n) is 3.72. The van der Waals surface area contributed by atoms with E-state index in [1.165, 1.54) is 5.69 Å². The fraction of sp³-hybridized carbons (Fsp3) is 0.700. The van der Waals surface area contributed by atoms with Crippen molar-refractivity contribution in [1.29, 1.82) is 0 Å². The van der Waals surface area contributed by atoms with Crippen LogP contribution in [-0.4, -0.2) is 32.0 Å². The molecule has 1 heterocycles. The normalized spacial score (nSPS) is 15.1. The Bertz CT molecular complexity index is 324. The van der Waals surface area contributed by atoms with Crippen LogP contribution in [-0.2, 0) is 24.4 Å². The number of nitrogens with zero attached hydrogens (tertiary/aromatic N) is 2. The molecule has 0 aromatic carbocycles. The minimum Gasteiger partial charge on any atom is -0.311 e. The van der Waals surface area contributed by atoms with Crippen molar-refractivity contribution in [2.75, 3.05) is 12.8 Å². The lowest BCUT2D eigenvalue weighted by atomic mass is 10.3. The molecule has 5 heteroatoms. The molecule has 0 amide bonds. The first-order valence-corrected chi connectivity index (χ1v) is 6.73. The highest BCUT2D eigenvalue weighted by atomic mass is 32.2. The third-order valence-electron chi connectivity index (χ3n) is 2.52. The molecule has 1 N–H and O–H groups in total. The number of nitrogens with one attached hydrogen (secondary N) is 1. The summed E-state index contributed by atoms with van der Waals surface area (Å²) in [6.45, 7) is 3.73. The molecule has 86 valence electrons. The van der Waals surface area contributed by atoms with Gasteiger partial charge in [-0.05, 0) is 19.0 Å². The molecule has 0 spiro atoms. The first-order valence-electron chi connectivity index (χ1n) is 5.11. The zero-order chi connectivity index (χ0) is 11.3. The van der Waals surface area contributed by atoms with Crippen molar-refractivity contribution in [3.63, 3.8) is 0 Å². The van der Waals surface area contributed by atoms with E-state index in [-0.39, 0.29) is 5.25 Å². The summed E-state index contributed by atoms with van der Waals surface area (Å²) in [5.74, 6) is 0. The van der Waals surface area contributed by atoms with Gasteiger partial charge in [-0.2, -0.15) is 5.10 Å². The Labute approximate surface area is 93.5 Å². The molecule has 2 atom stereocenters. The average molecular weight is 229 g/mol. The van der Waals surface area contributed by atoms with Gasteiger partial charge in [0.2, 0.25) is 0 Å². The lowest BCUT2D eigenvalue weighted by Crippen LogP contribution is -2.21. The predicted octanol–water partition coefficient (Wildman–Crippen LogP) is 0.667. The van der Waals surface area contributed by atoms with Gasteiger partial charge in [0, 0.05) is 42.1 Å². The molecular formula is C10H19N3OS. The zero-order valence-electron chi connectivity index (χ0n) is 9.56. The SMILES string of the molecule is CC(CCNCc1ccnn1C)S(C)=O. The van der Waals surface area contributed by atoms with Crippen molar-refractivity contribution in [1.82, 2.24) is 15.1 Å². The van der Waals surface area contributed by atoms with E-state index in [4.69, 9.17) is 0 Å². The molecule has 0 aliphatic carbocycles. The fourth-order valence-electron chi connectivity index (χ4n) is 1.26. The summed E-state index contributed by atoms with van der Waals surface area (Å²) < 4.78 is 12.9. The molecule has 15 heavy (non-hydrogen) atoms. The van der Waals surface area contributed by atoms with Crippen LogP contribution >= 0.6 is 0 Å². The maximum Gasteiger partial charge on any atom is 0.0518 e. The van der Waals surface area contributed by atoms with Crippen molar-refractivity contribution in [2.45, 2.75) is 25.1 Å². The minimum atomic E-state index is -0.712. The van der Waals surface area contributed by atoms with E-state index in [1.54, 1.807) is 12.5 Å². The molecular weight excluding hydrogens is 210 g/mol. The monoisotopic (exact) mass is 229 g/mol. The summed E-state index contributed by atoms with van der Waals surface area (Å²) in [5, 5.41) is 7.67. The highest BCUT2D eigenvalue weighted by molar-refractivity contribution is 7.84. The molecule has 0 bridgehead atoms. The first-order chi connectivity index (χ1) is 7.11. The lowest BCUT2D eigenvalue weighted by molar-refractivity contribution is 0.599. The van der Waals surface area contributed by atoms with Crippen molar-refractivity contribution >= 4 is 10.8 Å². The van der Waals surface area contributed by atoms with E-state index in [0.29, 0.717) is 0 Å². The van der Waals surface area contributed by atoms with Gasteiger partial charge in [-0.15, -0.1) is 0 Å². The molecule has 0 radical (unpaired) electrons. The van der Waals surface area contributed by atoms with E-state index in [9.17, 15) is 4.21 Å². The Balaban J connectivity index is 2.17. The maximum absolute atomic E-state index is 11.1. The molecule has 0 saturated heterocycles. The maximum atomic E-state index is 11.1. The number of rotatable bonds is 6. The third kappa shape index (κ3) is 4.13. The summed E-state index contributed by atoms with van der Waals surface area (Å²) in [6, 6.07) is 1.99. The van der Waals surface area contributed by atoms with Crippen molar-refractivity contribution in [3.05, 3.63) is 18.0 Å². The molecule has 1 aromatic heterocycles. The zero-order valence-corrected chi connectivity index (χ0v) is 10.4. The summed E-state index contributed by atoms with van der Waals surface area (Å²) >= 11 is 0. The quantitative estimate of drug-likeness (QED) is 0.729. The van der Waals surface area contributed by atoms with Gasteiger partial charge in [-0.25, -0.2) is 0 Å². The summed E-state index contributed by atoms with van der Waals surface area (Å²) in [6.07, 6.45) is 4.49. The number of aromatic nitrogens is 2. The summed E-state index contributed by atoms with van der Waals surface area (Å²) in [4.78, 5) is 0. The first kappa shape index (κ1) is 12.4. The van der Waals surface area contributed by atoms with Gasteiger partial charge in [0.15, 0.2) is 0 Å². The van der Waals surface area contributed by atoms with E-state index >= 15 is 0 Å². The van der Waals surface area contributed by atoms with E-state index in [0.717, 1.165) is 19.5 Å². The largest absolute Gasteiger partial charge is 0.311 e. The van der Waals surface area contributed by atoms with Gasteiger partial charge in [0.25, 0.3) is 0 Å². The highest BCUT2D eigenvalue weighted by Gasteiger charge is 2.05.